The molecule has 17 heavy (non-hydrogen) atoms. The molecule has 2 atom stereocenters. The van der Waals surface area contributed by atoms with Gasteiger partial charge in [-0.05, 0) is 32.2 Å². The van der Waals surface area contributed by atoms with Crippen LogP contribution < -0.4 is 5.32 Å². The van der Waals surface area contributed by atoms with E-state index in [1.165, 1.54) is 0 Å². The molecule has 1 fully saturated rings. The molecule has 100 valence electrons. The Morgan fingerprint density at radius 1 is 1.53 bits per heavy atom. The Bertz CT molecular complexity index is 255. The standard InChI is InChI=1S/C12H24N2O2S/c1-9(2)10(14(3)4)11(15)13-7-12(16)5-6-17-8-12/h9-10,16H,5-8H2,1-4H3,(H,13,15). The average molecular weight is 260 g/mol. The zero-order valence-electron chi connectivity index (χ0n) is 11.2. The molecule has 1 heterocycles. The van der Waals surface area contributed by atoms with E-state index in [1.54, 1.807) is 11.8 Å². The summed E-state index contributed by atoms with van der Waals surface area (Å²) < 4.78 is 0. The summed E-state index contributed by atoms with van der Waals surface area (Å²) in [6.07, 6.45) is 0.770. The van der Waals surface area contributed by atoms with E-state index in [0.717, 1.165) is 17.9 Å². The van der Waals surface area contributed by atoms with Crippen LogP contribution in [0.2, 0.25) is 0 Å². The quantitative estimate of drug-likeness (QED) is 0.758. The van der Waals surface area contributed by atoms with E-state index in [-0.39, 0.29) is 17.9 Å². The first-order valence-corrected chi connectivity index (χ1v) is 7.25. The van der Waals surface area contributed by atoms with Crippen molar-refractivity contribution in [3.63, 3.8) is 0 Å². The van der Waals surface area contributed by atoms with Crippen LogP contribution in [0, 0.1) is 5.92 Å². The summed E-state index contributed by atoms with van der Waals surface area (Å²) in [4.78, 5) is 14.0. The summed E-state index contributed by atoms with van der Waals surface area (Å²) in [6.45, 7) is 4.44. The minimum atomic E-state index is -0.700. The fourth-order valence-corrected chi connectivity index (χ4v) is 3.52. The molecule has 0 aliphatic carbocycles. The van der Waals surface area contributed by atoms with Gasteiger partial charge in [-0.15, -0.1) is 0 Å². The first-order valence-electron chi connectivity index (χ1n) is 6.10. The molecule has 1 rings (SSSR count). The second kappa shape index (κ2) is 6.07. The van der Waals surface area contributed by atoms with Crippen molar-refractivity contribution in [2.75, 3.05) is 32.1 Å². The summed E-state index contributed by atoms with van der Waals surface area (Å²) >= 11 is 1.74. The predicted molar refractivity (Wildman–Crippen MR) is 72.2 cm³/mol. The lowest BCUT2D eigenvalue weighted by Crippen LogP contribution is -2.51. The number of amides is 1. The molecule has 0 radical (unpaired) electrons. The van der Waals surface area contributed by atoms with Gasteiger partial charge in [0.1, 0.15) is 0 Å². The molecule has 1 amide bonds. The van der Waals surface area contributed by atoms with Crippen molar-refractivity contribution in [3.05, 3.63) is 0 Å². The highest BCUT2D eigenvalue weighted by Gasteiger charge is 2.33. The molecule has 1 aliphatic rings. The topological polar surface area (TPSA) is 52.6 Å². The number of nitrogens with zero attached hydrogens (tertiary/aromatic N) is 1. The number of aliphatic hydroxyl groups is 1. The van der Waals surface area contributed by atoms with Crippen LogP contribution >= 0.6 is 11.8 Å². The van der Waals surface area contributed by atoms with Gasteiger partial charge in [0.2, 0.25) is 5.91 Å². The lowest BCUT2D eigenvalue weighted by Gasteiger charge is -2.29. The van der Waals surface area contributed by atoms with E-state index in [4.69, 9.17) is 0 Å². The molecular formula is C12H24N2O2S. The molecule has 0 aromatic heterocycles. The maximum Gasteiger partial charge on any atom is 0.237 e. The molecule has 0 spiro atoms. The number of rotatable bonds is 5. The molecule has 1 aliphatic heterocycles. The van der Waals surface area contributed by atoms with Crippen LogP contribution in [-0.4, -0.2) is 59.7 Å². The second-order valence-electron chi connectivity index (χ2n) is 5.40. The lowest BCUT2D eigenvalue weighted by atomic mass is 10.0. The van der Waals surface area contributed by atoms with Crippen LogP contribution in [0.15, 0.2) is 0 Å². The van der Waals surface area contributed by atoms with E-state index in [9.17, 15) is 9.90 Å². The van der Waals surface area contributed by atoms with E-state index in [2.05, 4.69) is 5.32 Å². The first kappa shape index (κ1) is 14.8. The van der Waals surface area contributed by atoms with Crippen molar-refractivity contribution in [2.45, 2.75) is 31.9 Å². The third-order valence-corrected chi connectivity index (χ3v) is 4.36. The van der Waals surface area contributed by atoms with Gasteiger partial charge in [0.25, 0.3) is 0 Å². The van der Waals surface area contributed by atoms with E-state index < -0.39 is 5.60 Å². The normalized spacial score (nSPS) is 26.5. The summed E-state index contributed by atoms with van der Waals surface area (Å²) in [5.41, 5.74) is -0.700. The maximum atomic E-state index is 12.1. The smallest absolute Gasteiger partial charge is 0.237 e. The SMILES string of the molecule is CC(C)C(C(=O)NCC1(O)CCSC1)N(C)C. The van der Waals surface area contributed by atoms with Crippen molar-refractivity contribution in [1.82, 2.24) is 10.2 Å². The highest BCUT2D eigenvalue weighted by atomic mass is 32.2. The van der Waals surface area contributed by atoms with Gasteiger partial charge >= 0.3 is 0 Å². The zero-order valence-corrected chi connectivity index (χ0v) is 12.0. The van der Waals surface area contributed by atoms with Crippen molar-refractivity contribution in [2.24, 2.45) is 5.92 Å². The number of carbonyl (C=O) groups is 1. The minimum Gasteiger partial charge on any atom is -0.387 e. The third kappa shape index (κ3) is 4.16. The summed E-state index contributed by atoms with van der Waals surface area (Å²) in [6, 6.07) is -0.132. The molecule has 2 N–H and O–H groups in total. The fraction of sp³-hybridized carbons (Fsp3) is 0.917. The largest absolute Gasteiger partial charge is 0.387 e. The molecule has 1 saturated heterocycles. The van der Waals surface area contributed by atoms with Crippen molar-refractivity contribution in [1.29, 1.82) is 0 Å². The Labute approximate surface area is 108 Å². The summed E-state index contributed by atoms with van der Waals surface area (Å²) in [5.74, 6) is 1.97. The van der Waals surface area contributed by atoms with E-state index in [0.29, 0.717) is 6.54 Å². The first-order chi connectivity index (χ1) is 7.86. The van der Waals surface area contributed by atoms with Gasteiger partial charge in [-0.1, -0.05) is 13.8 Å². The van der Waals surface area contributed by atoms with Gasteiger partial charge in [-0.3, -0.25) is 9.69 Å². The highest BCUT2D eigenvalue weighted by Crippen LogP contribution is 2.27. The second-order valence-corrected chi connectivity index (χ2v) is 6.50. The van der Waals surface area contributed by atoms with Crippen LogP contribution in [0.1, 0.15) is 20.3 Å². The van der Waals surface area contributed by atoms with Crippen LogP contribution in [0.4, 0.5) is 0 Å². The van der Waals surface area contributed by atoms with Gasteiger partial charge in [-0.25, -0.2) is 0 Å². The molecule has 0 aromatic rings. The van der Waals surface area contributed by atoms with Crippen LogP contribution in [-0.2, 0) is 4.79 Å². The Hall–Kier alpha value is -0.260. The summed E-state index contributed by atoms with van der Waals surface area (Å²) in [7, 11) is 3.81. The Morgan fingerprint density at radius 3 is 2.59 bits per heavy atom. The number of carbonyl (C=O) groups excluding carboxylic acids is 1. The van der Waals surface area contributed by atoms with E-state index >= 15 is 0 Å². The lowest BCUT2D eigenvalue weighted by molar-refractivity contribution is -0.128. The molecule has 2 unspecified atom stereocenters. The highest BCUT2D eigenvalue weighted by molar-refractivity contribution is 7.99. The van der Waals surface area contributed by atoms with Crippen LogP contribution in [0.25, 0.3) is 0 Å². The van der Waals surface area contributed by atoms with Gasteiger partial charge in [0, 0.05) is 12.3 Å². The van der Waals surface area contributed by atoms with Crippen molar-refractivity contribution < 1.29 is 9.90 Å². The molecule has 0 bridgehead atoms. The molecule has 4 nitrogen and oxygen atoms in total. The van der Waals surface area contributed by atoms with Crippen molar-refractivity contribution in [3.8, 4) is 0 Å². The Kier molecular flexibility index (Phi) is 5.28. The number of likely N-dealkylation sites (N-methyl/N-ethyl adjacent to an activating group) is 1. The van der Waals surface area contributed by atoms with Gasteiger partial charge in [0.05, 0.1) is 11.6 Å². The van der Waals surface area contributed by atoms with Crippen LogP contribution in [0.5, 0.6) is 0 Å². The minimum absolute atomic E-state index is 0.00956. The van der Waals surface area contributed by atoms with E-state index in [1.807, 2.05) is 32.8 Å². The number of nitrogens with one attached hydrogen (secondary N) is 1. The Morgan fingerprint density at radius 2 is 2.18 bits per heavy atom. The Balaban J connectivity index is 2.47. The van der Waals surface area contributed by atoms with Gasteiger partial charge < -0.3 is 10.4 Å². The fourth-order valence-electron chi connectivity index (χ4n) is 2.23. The van der Waals surface area contributed by atoms with Crippen LogP contribution in [0.3, 0.4) is 0 Å². The molecule has 0 aromatic carbocycles. The maximum absolute atomic E-state index is 12.1. The average Bonchev–Trinajstić information content (AvgIpc) is 2.62. The predicted octanol–water partition coefficient (Wildman–Crippen LogP) is 0.557. The number of hydrogen-bond donors (Lipinski definition) is 2. The molecule has 0 saturated carbocycles. The monoisotopic (exact) mass is 260 g/mol. The molecule has 5 heteroatoms. The third-order valence-electron chi connectivity index (χ3n) is 3.13. The summed E-state index contributed by atoms with van der Waals surface area (Å²) in [5, 5.41) is 13.0. The number of thioether (sulfide) groups is 1. The molecular weight excluding hydrogens is 236 g/mol. The zero-order chi connectivity index (χ0) is 13.1. The van der Waals surface area contributed by atoms with Crippen molar-refractivity contribution >= 4 is 17.7 Å². The van der Waals surface area contributed by atoms with Gasteiger partial charge in [-0.2, -0.15) is 11.8 Å². The number of hydrogen-bond acceptors (Lipinski definition) is 4. The van der Waals surface area contributed by atoms with Gasteiger partial charge in [0.15, 0.2) is 0 Å².